The molecule has 0 aromatic heterocycles. The molecule has 0 bridgehead atoms. The number of carbonyl (C=O) groups is 2. The van der Waals surface area contributed by atoms with Gasteiger partial charge in [-0.1, -0.05) is 18.2 Å². The molecule has 1 aromatic rings. The molecule has 6 nitrogen and oxygen atoms in total. The second-order valence-corrected chi connectivity index (χ2v) is 5.52. The van der Waals surface area contributed by atoms with E-state index < -0.39 is 29.9 Å². The summed E-state index contributed by atoms with van der Waals surface area (Å²) in [4.78, 5) is 23.8. The summed E-state index contributed by atoms with van der Waals surface area (Å²) in [7, 11) is 0. The van der Waals surface area contributed by atoms with Gasteiger partial charge in [-0.3, -0.25) is 0 Å². The quantitative estimate of drug-likeness (QED) is 0.793. The van der Waals surface area contributed by atoms with Crippen LogP contribution in [-0.2, 0) is 23.7 Å². The van der Waals surface area contributed by atoms with Crippen LogP contribution in [0.25, 0.3) is 0 Å². The Morgan fingerprint density at radius 3 is 2.64 bits per heavy atom. The van der Waals surface area contributed by atoms with Gasteiger partial charge in [0.2, 0.25) is 5.76 Å². The first-order valence-electron chi connectivity index (χ1n) is 6.96. The largest absolute Gasteiger partial charge is 0.449 e. The Morgan fingerprint density at radius 1 is 1.27 bits per heavy atom. The van der Waals surface area contributed by atoms with Crippen LogP contribution in [0.5, 0.6) is 0 Å². The number of carbonyl (C=O) groups excluding carboxylic acids is 2. The van der Waals surface area contributed by atoms with Gasteiger partial charge in [0.15, 0.2) is 11.9 Å². The lowest BCUT2D eigenvalue weighted by molar-refractivity contribution is -0.161. The molecule has 2 aliphatic heterocycles. The Hall–Kier alpha value is -2.18. The second-order valence-electron chi connectivity index (χ2n) is 5.52. The van der Waals surface area contributed by atoms with E-state index in [1.54, 1.807) is 44.2 Å². The molecule has 2 atom stereocenters. The zero-order chi connectivity index (χ0) is 15.7. The van der Waals surface area contributed by atoms with Crippen LogP contribution in [-0.4, -0.2) is 36.5 Å². The zero-order valence-corrected chi connectivity index (χ0v) is 12.3. The van der Waals surface area contributed by atoms with Crippen LogP contribution < -0.4 is 0 Å². The fourth-order valence-corrected chi connectivity index (χ4v) is 2.30. The first-order valence-corrected chi connectivity index (χ1v) is 6.96. The Balaban J connectivity index is 1.68. The molecular formula is C16H16O6. The second kappa shape index (κ2) is 5.55. The molecule has 6 heteroatoms. The molecule has 0 amide bonds. The van der Waals surface area contributed by atoms with Crippen LogP contribution in [0.2, 0.25) is 0 Å². The molecule has 2 heterocycles. The summed E-state index contributed by atoms with van der Waals surface area (Å²) in [5.74, 6) is -2.11. The zero-order valence-electron chi connectivity index (χ0n) is 12.3. The van der Waals surface area contributed by atoms with Gasteiger partial charge in [-0.05, 0) is 26.0 Å². The van der Waals surface area contributed by atoms with E-state index in [1.165, 1.54) is 6.08 Å². The lowest BCUT2D eigenvalue weighted by Crippen LogP contribution is -2.30. The summed E-state index contributed by atoms with van der Waals surface area (Å²) < 4.78 is 21.3. The third-order valence-corrected chi connectivity index (χ3v) is 3.37. The molecule has 0 saturated carbocycles. The van der Waals surface area contributed by atoms with E-state index in [2.05, 4.69) is 0 Å². The molecule has 1 saturated heterocycles. The lowest BCUT2D eigenvalue weighted by Gasteiger charge is -2.19. The molecule has 0 radical (unpaired) electrons. The predicted octanol–water partition coefficient (Wildman–Crippen LogP) is 1.80. The van der Waals surface area contributed by atoms with Crippen molar-refractivity contribution in [3.05, 3.63) is 47.7 Å². The topological polar surface area (TPSA) is 71.1 Å². The van der Waals surface area contributed by atoms with E-state index in [9.17, 15) is 9.59 Å². The van der Waals surface area contributed by atoms with Crippen molar-refractivity contribution in [1.29, 1.82) is 0 Å². The van der Waals surface area contributed by atoms with Gasteiger partial charge < -0.3 is 18.9 Å². The monoisotopic (exact) mass is 304 g/mol. The fourth-order valence-electron chi connectivity index (χ4n) is 2.30. The van der Waals surface area contributed by atoms with Gasteiger partial charge in [-0.15, -0.1) is 0 Å². The fraction of sp³-hybridized carbons (Fsp3) is 0.375. The number of rotatable bonds is 3. The van der Waals surface area contributed by atoms with Gasteiger partial charge >= 0.3 is 11.9 Å². The van der Waals surface area contributed by atoms with Crippen LogP contribution in [0.4, 0.5) is 0 Å². The van der Waals surface area contributed by atoms with Gasteiger partial charge in [-0.25, -0.2) is 9.59 Å². The number of hydrogen-bond acceptors (Lipinski definition) is 6. The minimum atomic E-state index is -0.714. The SMILES string of the molecule is CC1(C)OC[C@H]([C@H]2C=C(OC(=O)c3ccccc3)C(=O)O2)O1. The molecule has 1 fully saturated rings. The first-order chi connectivity index (χ1) is 10.4. The maximum Gasteiger partial charge on any atom is 0.374 e. The van der Waals surface area contributed by atoms with Gasteiger partial charge in [0.1, 0.15) is 6.10 Å². The average molecular weight is 304 g/mol. The van der Waals surface area contributed by atoms with Gasteiger partial charge in [-0.2, -0.15) is 0 Å². The van der Waals surface area contributed by atoms with Crippen molar-refractivity contribution in [2.24, 2.45) is 0 Å². The molecule has 0 spiro atoms. The molecule has 1 aromatic carbocycles. The summed E-state index contributed by atoms with van der Waals surface area (Å²) in [6, 6.07) is 8.43. The molecule has 2 aliphatic rings. The van der Waals surface area contributed by atoms with Crippen LogP contribution in [0.3, 0.4) is 0 Å². The first kappa shape index (κ1) is 14.7. The Bertz CT molecular complexity index is 619. The predicted molar refractivity (Wildman–Crippen MR) is 74.7 cm³/mol. The summed E-state index contributed by atoms with van der Waals surface area (Å²) in [5, 5.41) is 0. The van der Waals surface area contributed by atoms with Crippen LogP contribution in [0.15, 0.2) is 42.2 Å². The van der Waals surface area contributed by atoms with E-state index in [1.807, 2.05) is 0 Å². The third kappa shape index (κ3) is 3.03. The minimum Gasteiger partial charge on any atom is -0.449 e. The van der Waals surface area contributed by atoms with Crippen molar-refractivity contribution in [3.63, 3.8) is 0 Å². The summed E-state index contributed by atoms with van der Waals surface area (Å²) in [5.41, 5.74) is 0.362. The Morgan fingerprint density at radius 2 is 2.00 bits per heavy atom. The number of esters is 2. The molecule has 0 aliphatic carbocycles. The van der Waals surface area contributed by atoms with Crippen molar-refractivity contribution in [3.8, 4) is 0 Å². The normalized spacial score (nSPS) is 26.5. The van der Waals surface area contributed by atoms with E-state index in [-0.39, 0.29) is 5.76 Å². The van der Waals surface area contributed by atoms with E-state index in [0.29, 0.717) is 12.2 Å². The molecule has 116 valence electrons. The maximum absolute atomic E-state index is 12.0. The standard InChI is InChI=1S/C16H16O6/c1-16(2)19-9-13(22-16)11-8-12(15(18)20-11)21-14(17)10-6-4-3-5-7-10/h3-8,11,13H,9H2,1-2H3/t11-,13-/m1/s1. The van der Waals surface area contributed by atoms with E-state index in [4.69, 9.17) is 18.9 Å². The highest BCUT2D eigenvalue weighted by Crippen LogP contribution is 2.29. The highest BCUT2D eigenvalue weighted by atomic mass is 16.8. The lowest BCUT2D eigenvalue weighted by atomic mass is 10.2. The number of cyclic esters (lactones) is 1. The van der Waals surface area contributed by atoms with E-state index in [0.717, 1.165) is 0 Å². The van der Waals surface area contributed by atoms with Crippen molar-refractivity contribution in [2.75, 3.05) is 6.61 Å². The highest BCUT2D eigenvalue weighted by Gasteiger charge is 2.42. The molecule has 22 heavy (non-hydrogen) atoms. The number of ether oxygens (including phenoxy) is 4. The van der Waals surface area contributed by atoms with Crippen molar-refractivity contribution >= 4 is 11.9 Å². The molecule has 0 N–H and O–H groups in total. The van der Waals surface area contributed by atoms with Crippen LogP contribution in [0.1, 0.15) is 24.2 Å². The number of benzene rings is 1. The Kier molecular flexibility index (Phi) is 3.72. The summed E-state index contributed by atoms with van der Waals surface area (Å²) in [6.07, 6.45) is 0.429. The summed E-state index contributed by atoms with van der Waals surface area (Å²) >= 11 is 0. The maximum atomic E-state index is 12.0. The summed E-state index contributed by atoms with van der Waals surface area (Å²) in [6.45, 7) is 3.87. The van der Waals surface area contributed by atoms with Crippen LogP contribution in [0, 0.1) is 0 Å². The van der Waals surface area contributed by atoms with Crippen molar-refractivity contribution < 1.29 is 28.5 Å². The van der Waals surface area contributed by atoms with Crippen molar-refractivity contribution in [2.45, 2.75) is 31.8 Å². The molecular weight excluding hydrogens is 288 g/mol. The smallest absolute Gasteiger partial charge is 0.374 e. The van der Waals surface area contributed by atoms with Crippen LogP contribution >= 0.6 is 0 Å². The third-order valence-electron chi connectivity index (χ3n) is 3.37. The number of hydrogen-bond donors (Lipinski definition) is 0. The molecule has 0 unspecified atom stereocenters. The van der Waals surface area contributed by atoms with E-state index >= 15 is 0 Å². The molecule has 3 rings (SSSR count). The van der Waals surface area contributed by atoms with Gasteiger partial charge in [0.25, 0.3) is 0 Å². The Labute approximate surface area is 127 Å². The van der Waals surface area contributed by atoms with Crippen molar-refractivity contribution in [1.82, 2.24) is 0 Å². The minimum absolute atomic E-state index is 0.118. The highest BCUT2D eigenvalue weighted by molar-refractivity contribution is 5.96. The average Bonchev–Trinajstić information content (AvgIpc) is 3.03. The van der Waals surface area contributed by atoms with Gasteiger partial charge in [0.05, 0.1) is 12.2 Å². The van der Waals surface area contributed by atoms with Gasteiger partial charge in [0, 0.05) is 6.08 Å².